The fourth-order valence-corrected chi connectivity index (χ4v) is 2.42. The maximum absolute atomic E-state index is 7.57. The number of nitrogens with one attached hydrogen (secondary N) is 1. The molecule has 3 rings (SSSR count). The van der Waals surface area contributed by atoms with Gasteiger partial charge in [0.2, 0.25) is 5.95 Å². The van der Waals surface area contributed by atoms with Gasteiger partial charge in [-0.3, -0.25) is 5.41 Å². The smallest absolute Gasteiger partial charge is 0.245 e. The Bertz CT molecular complexity index is 611. The first kappa shape index (κ1) is 11.8. The highest BCUT2D eigenvalue weighted by Crippen LogP contribution is 2.20. The van der Waals surface area contributed by atoms with E-state index in [0.29, 0.717) is 12.5 Å². The number of anilines is 1. The number of amidine groups is 1. The van der Waals surface area contributed by atoms with Crippen LogP contribution in [0.4, 0.5) is 5.95 Å². The molecule has 0 radical (unpaired) electrons. The lowest BCUT2D eigenvalue weighted by molar-refractivity contribution is 0.495. The van der Waals surface area contributed by atoms with E-state index in [1.54, 1.807) is 0 Å². The number of aromatic nitrogens is 3. The van der Waals surface area contributed by atoms with Gasteiger partial charge in [0.15, 0.2) is 0 Å². The Labute approximate surface area is 111 Å². The zero-order chi connectivity index (χ0) is 13.2. The summed E-state index contributed by atoms with van der Waals surface area (Å²) in [4.78, 5) is 6.60. The summed E-state index contributed by atoms with van der Waals surface area (Å²) in [6.07, 6.45) is 1.97. The summed E-state index contributed by atoms with van der Waals surface area (Å²) < 4.78 is 0. The summed E-state index contributed by atoms with van der Waals surface area (Å²) in [5.41, 5.74) is 7.24. The Morgan fingerprint density at radius 3 is 2.84 bits per heavy atom. The molecule has 98 valence electrons. The van der Waals surface area contributed by atoms with Gasteiger partial charge in [0.25, 0.3) is 0 Å². The molecule has 0 spiro atoms. The molecule has 3 N–H and O–H groups in total. The highest BCUT2D eigenvalue weighted by molar-refractivity contribution is 5.80. The summed E-state index contributed by atoms with van der Waals surface area (Å²) in [5.74, 6) is 0.979. The van der Waals surface area contributed by atoms with E-state index in [1.165, 1.54) is 0 Å². The molecule has 1 aromatic heterocycles. The lowest BCUT2D eigenvalue weighted by Crippen LogP contribution is -2.41. The summed E-state index contributed by atoms with van der Waals surface area (Å²) >= 11 is 0. The second-order valence-electron chi connectivity index (χ2n) is 4.84. The van der Waals surface area contributed by atoms with E-state index in [2.05, 4.69) is 20.1 Å². The van der Waals surface area contributed by atoms with Crippen molar-refractivity contribution >= 4 is 22.8 Å². The summed E-state index contributed by atoms with van der Waals surface area (Å²) in [6, 6.07) is 7.69. The fourth-order valence-electron chi connectivity index (χ4n) is 2.42. The standard InChI is InChI=1S/C13H16N6/c14-12(15)9-4-3-7-19(8-9)13-16-10-5-1-2-6-11(10)17-18-13/h1-2,5-6,9H,3-4,7-8H2,(H3,14,15). The quantitative estimate of drug-likeness (QED) is 0.621. The van der Waals surface area contributed by atoms with E-state index in [9.17, 15) is 0 Å². The van der Waals surface area contributed by atoms with Crippen LogP contribution < -0.4 is 10.6 Å². The molecule has 1 fully saturated rings. The molecule has 1 aliphatic heterocycles. The van der Waals surface area contributed by atoms with Gasteiger partial charge in [-0.15, -0.1) is 10.2 Å². The van der Waals surface area contributed by atoms with Gasteiger partial charge in [0, 0.05) is 19.0 Å². The van der Waals surface area contributed by atoms with Gasteiger partial charge in [-0.1, -0.05) is 12.1 Å². The molecule has 1 aliphatic rings. The number of hydrogen-bond donors (Lipinski definition) is 2. The maximum Gasteiger partial charge on any atom is 0.245 e. The van der Waals surface area contributed by atoms with Crippen molar-refractivity contribution in [2.75, 3.05) is 18.0 Å². The van der Waals surface area contributed by atoms with Gasteiger partial charge in [-0.2, -0.15) is 0 Å². The predicted molar refractivity (Wildman–Crippen MR) is 74.2 cm³/mol. The fraction of sp³-hybridized carbons (Fsp3) is 0.385. The van der Waals surface area contributed by atoms with Crippen molar-refractivity contribution in [3.05, 3.63) is 24.3 Å². The van der Waals surface area contributed by atoms with Crippen LogP contribution in [0.3, 0.4) is 0 Å². The molecule has 6 nitrogen and oxygen atoms in total. The van der Waals surface area contributed by atoms with Crippen LogP contribution in [0.15, 0.2) is 24.3 Å². The molecule has 0 bridgehead atoms. The Kier molecular flexibility index (Phi) is 2.98. The van der Waals surface area contributed by atoms with Crippen LogP contribution in [0.1, 0.15) is 12.8 Å². The second-order valence-corrected chi connectivity index (χ2v) is 4.84. The van der Waals surface area contributed by atoms with E-state index in [4.69, 9.17) is 11.1 Å². The van der Waals surface area contributed by atoms with Crippen LogP contribution in [-0.2, 0) is 0 Å². The van der Waals surface area contributed by atoms with Crippen molar-refractivity contribution in [2.45, 2.75) is 12.8 Å². The third kappa shape index (κ3) is 2.33. The average molecular weight is 256 g/mol. The summed E-state index contributed by atoms with van der Waals surface area (Å²) in [5, 5.41) is 15.9. The minimum Gasteiger partial charge on any atom is -0.387 e. The van der Waals surface area contributed by atoms with Crippen LogP contribution in [-0.4, -0.2) is 34.1 Å². The first-order chi connectivity index (χ1) is 9.24. The molecule has 0 saturated carbocycles. The number of para-hydroxylation sites is 1. The van der Waals surface area contributed by atoms with Crippen molar-refractivity contribution in [1.82, 2.24) is 15.2 Å². The third-order valence-electron chi connectivity index (χ3n) is 3.49. The molecule has 19 heavy (non-hydrogen) atoms. The van der Waals surface area contributed by atoms with Crippen LogP contribution in [0, 0.1) is 11.3 Å². The molecule has 6 heteroatoms. The Balaban J connectivity index is 1.89. The van der Waals surface area contributed by atoms with Crippen molar-refractivity contribution in [2.24, 2.45) is 11.7 Å². The second kappa shape index (κ2) is 4.79. The first-order valence-electron chi connectivity index (χ1n) is 6.42. The highest BCUT2D eigenvalue weighted by atomic mass is 15.3. The zero-order valence-electron chi connectivity index (χ0n) is 10.6. The monoisotopic (exact) mass is 256 g/mol. The molecule has 1 saturated heterocycles. The predicted octanol–water partition coefficient (Wildman–Crippen LogP) is 1.18. The minimum absolute atomic E-state index is 0.101. The van der Waals surface area contributed by atoms with E-state index < -0.39 is 0 Å². The van der Waals surface area contributed by atoms with Crippen molar-refractivity contribution < 1.29 is 0 Å². The Morgan fingerprint density at radius 1 is 1.26 bits per heavy atom. The maximum atomic E-state index is 7.57. The first-order valence-corrected chi connectivity index (χ1v) is 6.42. The number of hydrogen-bond acceptors (Lipinski definition) is 5. The highest BCUT2D eigenvalue weighted by Gasteiger charge is 2.24. The van der Waals surface area contributed by atoms with Gasteiger partial charge in [-0.25, -0.2) is 4.98 Å². The molecule has 0 amide bonds. The molecular weight excluding hydrogens is 240 g/mol. The number of piperidine rings is 1. The number of fused-ring (bicyclic) bond motifs is 1. The number of benzene rings is 1. The molecule has 2 aromatic rings. The SMILES string of the molecule is N=C(N)C1CCCN(c2nnc3ccccc3n2)C1. The van der Waals surface area contributed by atoms with Crippen molar-refractivity contribution in [3.63, 3.8) is 0 Å². The van der Waals surface area contributed by atoms with Crippen LogP contribution in [0.25, 0.3) is 11.0 Å². The molecule has 0 aliphatic carbocycles. The van der Waals surface area contributed by atoms with Crippen molar-refractivity contribution in [1.29, 1.82) is 5.41 Å². The van der Waals surface area contributed by atoms with E-state index in [1.807, 2.05) is 24.3 Å². The molecule has 1 atom stereocenters. The van der Waals surface area contributed by atoms with Gasteiger partial charge >= 0.3 is 0 Å². The molecule has 2 heterocycles. The minimum atomic E-state index is 0.101. The summed E-state index contributed by atoms with van der Waals surface area (Å²) in [7, 11) is 0. The Morgan fingerprint density at radius 2 is 2.05 bits per heavy atom. The average Bonchev–Trinajstić information content (AvgIpc) is 2.47. The van der Waals surface area contributed by atoms with E-state index in [-0.39, 0.29) is 11.8 Å². The molecule has 1 aromatic carbocycles. The van der Waals surface area contributed by atoms with E-state index in [0.717, 1.165) is 30.4 Å². The number of nitrogens with zero attached hydrogens (tertiary/aromatic N) is 4. The molecular formula is C13H16N6. The van der Waals surface area contributed by atoms with Gasteiger partial charge in [0.05, 0.1) is 11.4 Å². The van der Waals surface area contributed by atoms with Crippen molar-refractivity contribution in [3.8, 4) is 0 Å². The van der Waals surface area contributed by atoms with Crippen LogP contribution >= 0.6 is 0 Å². The van der Waals surface area contributed by atoms with Crippen LogP contribution in [0.2, 0.25) is 0 Å². The third-order valence-corrected chi connectivity index (χ3v) is 3.49. The largest absolute Gasteiger partial charge is 0.387 e. The van der Waals surface area contributed by atoms with Crippen LogP contribution in [0.5, 0.6) is 0 Å². The number of nitrogens with two attached hydrogens (primary N) is 1. The number of rotatable bonds is 2. The normalized spacial score (nSPS) is 19.6. The Hall–Kier alpha value is -2.24. The van der Waals surface area contributed by atoms with Gasteiger partial charge < -0.3 is 10.6 Å². The van der Waals surface area contributed by atoms with Gasteiger partial charge in [0.1, 0.15) is 5.52 Å². The topological polar surface area (TPSA) is 91.8 Å². The molecule has 1 unspecified atom stereocenters. The summed E-state index contributed by atoms with van der Waals surface area (Å²) in [6.45, 7) is 1.60. The lowest BCUT2D eigenvalue weighted by atomic mass is 9.97. The zero-order valence-corrected chi connectivity index (χ0v) is 10.6. The van der Waals surface area contributed by atoms with Gasteiger partial charge in [-0.05, 0) is 25.0 Å². The van der Waals surface area contributed by atoms with E-state index >= 15 is 0 Å². The lowest BCUT2D eigenvalue weighted by Gasteiger charge is -2.31.